The van der Waals surface area contributed by atoms with Crippen LogP contribution in [0.2, 0.25) is 0 Å². The average molecular weight is 271 g/mol. The second-order valence-corrected chi connectivity index (χ2v) is 5.18. The number of carbonyl (C=O) groups is 2. The molecule has 5 nitrogen and oxygen atoms in total. The minimum absolute atomic E-state index is 0.0373. The van der Waals surface area contributed by atoms with Gasteiger partial charge in [-0.15, -0.1) is 0 Å². The van der Waals surface area contributed by atoms with Crippen molar-refractivity contribution in [3.8, 4) is 0 Å². The summed E-state index contributed by atoms with van der Waals surface area (Å²) >= 11 is 0. The van der Waals surface area contributed by atoms with Crippen LogP contribution >= 0.6 is 0 Å². The quantitative estimate of drug-likeness (QED) is 0.820. The molecule has 0 bridgehead atoms. The van der Waals surface area contributed by atoms with Crippen molar-refractivity contribution in [2.24, 2.45) is 5.10 Å². The third-order valence-electron chi connectivity index (χ3n) is 3.92. The number of likely N-dealkylation sites (tertiary alicyclic amines) is 1. The molecule has 1 atom stereocenters. The molecule has 3 rings (SSSR count). The summed E-state index contributed by atoms with van der Waals surface area (Å²) in [6.07, 6.45) is 1.79. The molecule has 2 heterocycles. The van der Waals surface area contributed by atoms with E-state index < -0.39 is 0 Å². The predicted octanol–water partition coefficient (Wildman–Crippen LogP) is 1.57. The fourth-order valence-corrected chi connectivity index (χ4v) is 2.64. The van der Waals surface area contributed by atoms with Crippen LogP contribution in [-0.2, 0) is 9.59 Å². The van der Waals surface area contributed by atoms with Crippen LogP contribution in [0, 0.1) is 0 Å². The van der Waals surface area contributed by atoms with Gasteiger partial charge in [0.2, 0.25) is 5.91 Å². The van der Waals surface area contributed by atoms with E-state index >= 15 is 0 Å². The molecule has 0 aromatic heterocycles. The number of benzene rings is 1. The molecule has 0 radical (unpaired) electrons. The molecule has 0 unspecified atom stereocenters. The first-order chi connectivity index (χ1) is 9.66. The third kappa shape index (κ3) is 2.19. The lowest BCUT2D eigenvalue weighted by molar-refractivity contribution is -0.133. The summed E-state index contributed by atoms with van der Waals surface area (Å²) in [6, 6.07) is 10.2. The monoisotopic (exact) mass is 271 g/mol. The molecule has 2 amide bonds. The minimum atomic E-state index is -0.0375. The first-order valence-electron chi connectivity index (χ1n) is 6.87. The summed E-state index contributed by atoms with van der Waals surface area (Å²) in [6.45, 7) is 0.759. The number of amides is 2. The molecule has 0 spiro atoms. The smallest absolute Gasteiger partial charge is 0.270 e. The zero-order valence-corrected chi connectivity index (χ0v) is 11.5. The summed E-state index contributed by atoms with van der Waals surface area (Å²) in [4.78, 5) is 25.7. The molecule has 0 saturated carbocycles. The average Bonchev–Trinajstić information content (AvgIpc) is 2.42. The Hall–Kier alpha value is -2.17. The van der Waals surface area contributed by atoms with Crippen LogP contribution in [-0.4, -0.2) is 41.0 Å². The van der Waals surface area contributed by atoms with E-state index in [9.17, 15) is 9.59 Å². The van der Waals surface area contributed by atoms with E-state index in [1.807, 2.05) is 35.2 Å². The van der Waals surface area contributed by atoms with Crippen LogP contribution in [0.4, 0.5) is 0 Å². The lowest BCUT2D eigenvalue weighted by Crippen LogP contribution is -2.49. The molecular formula is C15H17N3O2. The molecule has 1 fully saturated rings. The third-order valence-corrected chi connectivity index (χ3v) is 3.92. The van der Waals surface area contributed by atoms with Crippen molar-refractivity contribution >= 4 is 17.5 Å². The lowest BCUT2D eigenvalue weighted by atomic mass is 9.93. The van der Waals surface area contributed by atoms with E-state index in [1.54, 1.807) is 7.05 Å². The number of nitrogens with zero attached hydrogens (tertiary/aromatic N) is 3. The maximum Gasteiger partial charge on any atom is 0.270 e. The SMILES string of the molecule is CN1N=C(C(=O)N2CC[C@@H]2c2ccccc2)CCC1=O. The van der Waals surface area contributed by atoms with Crippen molar-refractivity contribution in [3.63, 3.8) is 0 Å². The van der Waals surface area contributed by atoms with Crippen LogP contribution in [0.15, 0.2) is 35.4 Å². The summed E-state index contributed by atoms with van der Waals surface area (Å²) in [5, 5.41) is 5.38. The van der Waals surface area contributed by atoms with Crippen molar-refractivity contribution < 1.29 is 9.59 Å². The first kappa shape index (κ1) is 12.8. The van der Waals surface area contributed by atoms with Gasteiger partial charge in [0.15, 0.2) is 0 Å². The minimum Gasteiger partial charge on any atom is -0.330 e. The van der Waals surface area contributed by atoms with Crippen molar-refractivity contribution in [2.75, 3.05) is 13.6 Å². The molecule has 2 aliphatic rings. The molecule has 104 valence electrons. The number of carbonyl (C=O) groups excluding carboxylic acids is 2. The molecule has 2 aliphatic heterocycles. The van der Waals surface area contributed by atoms with E-state index in [2.05, 4.69) is 5.10 Å². The molecule has 5 heteroatoms. The Morgan fingerprint density at radius 3 is 2.60 bits per heavy atom. The van der Waals surface area contributed by atoms with E-state index in [0.717, 1.165) is 18.5 Å². The fourth-order valence-electron chi connectivity index (χ4n) is 2.64. The lowest BCUT2D eigenvalue weighted by Gasteiger charge is -2.41. The van der Waals surface area contributed by atoms with Crippen LogP contribution in [0.1, 0.15) is 30.9 Å². The Morgan fingerprint density at radius 2 is 2.00 bits per heavy atom. The Balaban J connectivity index is 1.75. The second kappa shape index (κ2) is 5.07. The van der Waals surface area contributed by atoms with Gasteiger partial charge < -0.3 is 4.90 Å². The van der Waals surface area contributed by atoms with E-state index in [-0.39, 0.29) is 17.9 Å². The van der Waals surface area contributed by atoms with Crippen molar-refractivity contribution in [1.29, 1.82) is 0 Å². The standard InChI is InChI=1S/C15H17N3O2/c1-17-14(19)8-7-12(16-17)15(20)18-10-9-13(18)11-5-3-2-4-6-11/h2-6,13H,7-10H2,1H3/t13-/m1/s1. The van der Waals surface area contributed by atoms with E-state index in [1.165, 1.54) is 5.01 Å². The first-order valence-corrected chi connectivity index (χ1v) is 6.87. The maximum atomic E-state index is 12.5. The zero-order chi connectivity index (χ0) is 14.1. The number of hydrazone groups is 1. The Labute approximate surface area is 117 Å². The number of hydrogen-bond acceptors (Lipinski definition) is 3. The van der Waals surface area contributed by atoms with Gasteiger partial charge in [-0.2, -0.15) is 5.10 Å². The Bertz CT molecular complexity index is 568. The normalized spacial score (nSPS) is 22.4. The fraction of sp³-hybridized carbons (Fsp3) is 0.400. The highest BCUT2D eigenvalue weighted by atomic mass is 16.2. The highest BCUT2D eigenvalue weighted by molar-refractivity contribution is 6.39. The van der Waals surface area contributed by atoms with Crippen LogP contribution in [0.25, 0.3) is 0 Å². The van der Waals surface area contributed by atoms with E-state index in [4.69, 9.17) is 0 Å². The van der Waals surface area contributed by atoms with Gasteiger partial charge in [0.05, 0.1) is 6.04 Å². The van der Waals surface area contributed by atoms with Crippen molar-refractivity contribution in [3.05, 3.63) is 35.9 Å². The molecule has 1 saturated heterocycles. The topological polar surface area (TPSA) is 53.0 Å². The van der Waals surface area contributed by atoms with Gasteiger partial charge >= 0.3 is 0 Å². The molecular weight excluding hydrogens is 254 g/mol. The number of hydrogen-bond donors (Lipinski definition) is 0. The van der Waals surface area contributed by atoms with Crippen LogP contribution in [0.5, 0.6) is 0 Å². The summed E-state index contributed by atoms with van der Waals surface area (Å²) in [7, 11) is 1.60. The zero-order valence-electron chi connectivity index (χ0n) is 11.5. The van der Waals surface area contributed by atoms with Crippen LogP contribution in [0.3, 0.4) is 0 Å². The van der Waals surface area contributed by atoms with Gasteiger partial charge in [0.1, 0.15) is 5.71 Å². The number of rotatable bonds is 2. The summed E-state index contributed by atoms with van der Waals surface area (Å²) in [5.74, 6) is -0.0748. The van der Waals surface area contributed by atoms with Gasteiger partial charge in [0.25, 0.3) is 5.91 Å². The van der Waals surface area contributed by atoms with Gasteiger partial charge in [-0.3, -0.25) is 9.59 Å². The van der Waals surface area contributed by atoms with Crippen LogP contribution < -0.4 is 0 Å². The predicted molar refractivity (Wildman–Crippen MR) is 75.0 cm³/mol. The summed E-state index contributed by atoms with van der Waals surface area (Å²) < 4.78 is 0. The van der Waals surface area contributed by atoms with E-state index in [0.29, 0.717) is 18.6 Å². The second-order valence-electron chi connectivity index (χ2n) is 5.18. The summed E-state index contributed by atoms with van der Waals surface area (Å²) in [5.41, 5.74) is 1.65. The van der Waals surface area contributed by atoms with Gasteiger partial charge in [-0.1, -0.05) is 30.3 Å². The molecule has 20 heavy (non-hydrogen) atoms. The molecule has 0 aliphatic carbocycles. The van der Waals surface area contributed by atoms with Gasteiger partial charge in [0, 0.05) is 26.4 Å². The largest absolute Gasteiger partial charge is 0.330 e. The molecule has 0 N–H and O–H groups in total. The van der Waals surface area contributed by atoms with Gasteiger partial charge in [-0.05, 0) is 12.0 Å². The Kier molecular flexibility index (Phi) is 3.26. The molecule has 1 aromatic rings. The highest BCUT2D eigenvalue weighted by Crippen LogP contribution is 2.33. The highest BCUT2D eigenvalue weighted by Gasteiger charge is 2.36. The molecule has 1 aromatic carbocycles. The van der Waals surface area contributed by atoms with Gasteiger partial charge in [-0.25, -0.2) is 5.01 Å². The maximum absolute atomic E-state index is 12.5. The van der Waals surface area contributed by atoms with Crippen molar-refractivity contribution in [2.45, 2.75) is 25.3 Å². The Morgan fingerprint density at radius 1 is 1.25 bits per heavy atom. The van der Waals surface area contributed by atoms with Crippen molar-refractivity contribution in [1.82, 2.24) is 9.91 Å².